The maximum atomic E-state index is 15.0. The molecule has 4 aromatic rings. The summed E-state index contributed by atoms with van der Waals surface area (Å²) in [5.41, 5.74) is 2.20. The molecule has 1 unspecified atom stereocenters. The van der Waals surface area contributed by atoms with Gasteiger partial charge in [-0.2, -0.15) is 0 Å². The largest absolute Gasteiger partial charge is 0.338 e. The third-order valence-electron chi connectivity index (χ3n) is 11.4. The van der Waals surface area contributed by atoms with E-state index in [1.165, 1.54) is 16.5 Å². The Labute approximate surface area is 291 Å². The van der Waals surface area contributed by atoms with Crippen molar-refractivity contribution >= 4 is 27.0 Å². The molecule has 3 atom stereocenters. The maximum absolute atomic E-state index is 15.0. The zero-order valence-electron chi connectivity index (χ0n) is 28.5. The fraction of sp³-hybridized carbons (Fsp3) is 0.474. The predicted molar refractivity (Wildman–Crippen MR) is 186 cm³/mol. The molecule has 3 aromatic carbocycles. The molecule has 0 saturated carbocycles. The number of sulfonamides is 1. The molecule has 0 spiro atoms. The SMILES string of the molecule is CCCNS(=O)(=O)c1cc(C(=O)N2CCC(CCN3[C@@H]4CC[C@H]3CC(n3c(C)nc5ccccc53)C4)(c3cccc(F)c3)CC2)c(F)cc1F. The van der Waals surface area contributed by atoms with Crippen LogP contribution in [0, 0.1) is 24.4 Å². The van der Waals surface area contributed by atoms with Crippen LogP contribution < -0.4 is 4.72 Å². The van der Waals surface area contributed by atoms with E-state index in [0.717, 1.165) is 61.6 Å². The minimum Gasteiger partial charge on any atom is -0.338 e. The number of aromatic nitrogens is 2. The van der Waals surface area contributed by atoms with E-state index in [1.807, 2.05) is 12.1 Å². The van der Waals surface area contributed by atoms with Gasteiger partial charge in [0.05, 0.1) is 16.6 Å². The van der Waals surface area contributed by atoms with Gasteiger partial charge in [0.2, 0.25) is 10.0 Å². The number of aryl methyl sites for hydroxylation is 1. The summed E-state index contributed by atoms with van der Waals surface area (Å²) in [6.45, 7) is 5.31. The molecule has 266 valence electrons. The highest BCUT2D eigenvalue weighted by Crippen LogP contribution is 2.45. The first-order valence-corrected chi connectivity index (χ1v) is 19.2. The van der Waals surface area contributed by atoms with E-state index < -0.39 is 43.4 Å². The van der Waals surface area contributed by atoms with Crippen LogP contribution in [0.4, 0.5) is 13.2 Å². The molecular formula is C38H44F3N5O3S. The summed E-state index contributed by atoms with van der Waals surface area (Å²) in [5.74, 6) is -2.32. The molecule has 12 heteroatoms. The third kappa shape index (κ3) is 6.46. The smallest absolute Gasteiger partial charge is 0.256 e. The van der Waals surface area contributed by atoms with Gasteiger partial charge in [-0.1, -0.05) is 31.2 Å². The average Bonchev–Trinajstić information content (AvgIpc) is 3.56. The van der Waals surface area contributed by atoms with Gasteiger partial charge < -0.3 is 9.47 Å². The predicted octanol–water partition coefficient (Wildman–Crippen LogP) is 6.88. The summed E-state index contributed by atoms with van der Waals surface area (Å²) in [4.78, 5) is 21.8. The number of amides is 1. The topological polar surface area (TPSA) is 87.5 Å². The van der Waals surface area contributed by atoms with Gasteiger partial charge in [0.15, 0.2) is 0 Å². The molecule has 2 bridgehead atoms. The van der Waals surface area contributed by atoms with Crippen LogP contribution in [0.25, 0.3) is 11.0 Å². The number of piperidine rings is 2. The van der Waals surface area contributed by atoms with Crippen LogP contribution in [0.15, 0.2) is 65.6 Å². The number of carbonyl (C=O) groups excluding carboxylic acids is 1. The number of fused-ring (bicyclic) bond motifs is 3. The lowest BCUT2D eigenvalue weighted by Crippen LogP contribution is -2.49. The molecule has 1 N–H and O–H groups in total. The quantitative estimate of drug-likeness (QED) is 0.194. The van der Waals surface area contributed by atoms with Gasteiger partial charge in [0, 0.05) is 43.8 Å². The van der Waals surface area contributed by atoms with Gasteiger partial charge in [0.25, 0.3) is 5.91 Å². The highest BCUT2D eigenvalue weighted by Gasteiger charge is 2.44. The van der Waals surface area contributed by atoms with Crippen molar-refractivity contribution in [3.8, 4) is 0 Å². The molecule has 0 aliphatic carbocycles. The molecule has 7 rings (SSSR count). The summed E-state index contributed by atoms with van der Waals surface area (Å²) < 4.78 is 74.4. The van der Waals surface area contributed by atoms with Gasteiger partial charge in [-0.25, -0.2) is 31.3 Å². The van der Waals surface area contributed by atoms with Crippen LogP contribution in [-0.4, -0.2) is 71.9 Å². The lowest BCUT2D eigenvalue weighted by molar-refractivity contribution is 0.0602. The van der Waals surface area contributed by atoms with Crippen molar-refractivity contribution in [2.45, 2.75) is 93.7 Å². The summed E-state index contributed by atoms with van der Waals surface area (Å²) in [7, 11) is -4.27. The normalized spacial score (nSPS) is 22.3. The Hall–Kier alpha value is -3.74. The first kappa shape index (κ1) is 34.7. The Morgan fingerprint density at radius 1 is 0.940 bits per heavy atom. The number of rotatable bonds is 10. The summed E-state index contributed by atoms with van der Waals surface area (Å²) in [6.07, 6.45) is 6.68. The van der Waals surface area contributed by atoms with E-state index in [-0.39, 0.29) is 25.5 Å². The minimum atomic E-state index is -4.27. The number of nitrogens with zero attached hydrogens (tertiary/aromatic N) is 4. The summed E-state index contributed by atoms with van der Waals surface area (Å²) in [5, 5.41) is 0. The Morgan fingerprint density at radius 2 is 1.66 bits per heavy atom. The van der Waals surface area contributed by atoms with E-state index in [2.05, 4.69) is 39.3 Å². The Morgan fingerprint density at radius 3 is 2.36 bits per heavy atom. The number of halogens is 3. The highest BCUT2D eigenvalue weighted by atomic mass is 32.2. The van der Waals surface area contributed by atoms with Crippen molar-refractivity contribution in [3.63, 3.8) is 0 Å². The van der Waals surface area contributed by atoms with Gasteiger partial charge >= 0.3 is 0 Å². The van der Waals surface area contributed by atoms with E-state index >= 15 is 4.39 Å². The van der Waals surface area contributed by atoms with Gasteiger partial charge in [0.1, 0.15) is 28.2 Å². The summed E-state index contributed by atoms with van der Waals surface area (Å²) >= 11 is 0. The van der Waals surface area contributed by atoms with Crippen molar-refractivity contribution < 1.29 is 26.4 Å². The second kappa shape index (κ2) is 13.8. The molecule has 0 radical (unpaired) electrons. The van der Waals surface area contributed by atoms with E-state index in [1.54, 1.807) is 19.1 Å². The van der Waals surface area contributed by atoms with Crippen molar-refractivity contribution in [2.75, 3.05) is 26.2 Å². The maximum Gasteiger partial charge on any atom is 0.256 e. The second-order valence-electron chi connectivity index (χ2n) is 14.3. The standard InChI is InChI=1S/C38H44F3N5O3S/c1-3-16-42-50(48,49)36-23-31(32(40)24-33(36)41)37(47)44-17-13-38(14-18-44,26-7-6-8-27(39)20-26)15-19-45-28-11-12-29(45)22-30(21-28)46-25(2)43-34-9-4-5-10-35(34)46/h4-10,20,23-24,28-30,42H,3,11-19,21-22H2,1-2H3/t28-,29+,30?. The third-order valence-corrected chi connectivity index (χ3v) is 12.8. The minimum absolute atomic E-state index is 0.0810. The fourth-order valence-electron chi connectivity index (χ4n) is 8.81. The van der Waals surface area contributed by atoms with Gasteiger partial charge in [-0.15, -0.1) is 0 Å². The number of imidazole rings is 1. The number of para-hydroxylation sites is 2. The van der Waals surface area contributed by atoms with Crippen LogP contribution in [0.1, 0.15) is 86.1 Å². The lowest BCUT2D eigenvalue weighted by Gasteiger charge is -2.45. The average molecular weight is 708 g/mol. The van der Waals surface area contributed by atoms with Gasteiger partial charge in [-0.3, -0.25) is 9.69 Å². The monoisotopic (exact) mass is 707 g/mol. The fourth-order valence-corrected chi connectivity index (χ4v) is 10.0. The Balaban J connectivity index is 1.08. The van der Waals surface area contributed by atoms with Crippen LogP contribution >= 0.6 is 0 Å². The van der Waals surface area contributed by atoms with Crippen molar-refractivity contribution in [1.82, 2.24) is 24.1 Å². The van der Waals surface area contributed by atoms with Crippen LogP contribution in [0.3, 0.4) is 0 Å². The first-order valence-electron chi connectivity index (χ1n) is 17.7. The van der Waals surface area contributed by atoms with E-state index in [4.69, 9.17) is 4.98 Å². The Bertz CT molecular complexity index is 2000. The molecule has 3 saturated heterocycles. The Kier molecular flexibility index (Phi) is 9.55. The second-order valence-corrected chi connectivity index (χ2v) is 16.0. The zero-order valence-corrected chi connectivity index (χ0v) is 29.4. The van der Waals surface area contributed by atoms with Gasteiger partial charge in [-0.05, 0) is 106 Å². The summed E-state index contributed by atoms with van der Waals surface area (Å²) in [6, 6.07) is 17.5. The molecule has 3 aliphatic heterocycles. The van der Waals surface area contributed by atoms with Crippen LogP contribution in [0.5, 0.6) is 0 Å². The number of hydrogen-bond acceptors (Lipinski definition) is 5. The number of benzene rings is 3. The van der Waals surface area contributed by atoms with Crippen molar-refractivity contribution in [1.29, 1.82) is 0 Å². The first-order chi connectivity index (χ1) is 24.0. The molecule has 3 aliphatic rings. The molecular weight excluding hydrogens is 664 g/mol. The molecule has 8 nitrogen and oxygen atoms in total. The van der Waals surface area contributed by atoms with E-state index in [0.29, 0.717) is 43.5 Å². The van der Waals surface area contributed by atoms with Crippen LogP contribution in [-0.2, 0) is 15.4 Å². The van der Waals surface area contributed by atoms with Crippen molar-refractivity contribution in [2.24, 2.45) is 0 Å². The molecule has 50 heavy (non-hydrogen) atoms. The molecule has 4 heterocycles. The molecule has 1 amide bonds. The zero-order chi connectivity index (χ0) is 35.2. The number of likely N-dealkylation sites (tertiary alicyclic amines) is 1. The lowest BCUT2D eigenvalue weighted by atomic mass is 9.70. The molecule has 3 fully saturated rings. The number of carbonyl (C=O) groups is 1. The number of hydrogen-bond donors (Lipinski definition) is 1. The number of nitrogens with one attached hydrogen (secondary N) is 1. The van der Waals surface area contributed by atoms with Crippen LogP contribution in [0.2, 0.25) is 0 Å². The molecule has 1 aromatic heterocycles. The highest BCUT2D eigenvalue weighted by molar-refractivity contribution is 7.89. The van der Waals surface area contributed by atoms with Crippen molar-refractivity contribution in [3.05, 3.63) is 95.1 Å². The van der Waals surface area contributed by atoms with E-state index in [9.17, 15) is 22.0 Å².